The fourth-order valence-electron chi connectivity index (χ4n) is 1.22. The van der Waals surface area contributed by atoms with Gasteiger partial charge in [-0.1, -0.05) is 34.1 Å². The molecule has 0 aliphatic heterocycles. The fraction of sp³-hybridized carbons (Fsp3) is 0.200. The first-order chi connectivity index (χ1) is 7.29. The Morgan fingerprint density at radius 3 is 2.60 bits per heavy atom. The molecule has 0 radical (unpaired) electrons. The molecule has 0 amide bonds. The van der Waals surface area contributed by atoms with Gasteiger partial charge in [0.25, 0.3) is 0 Å². The van der Waals surface area contributed by atoms with Crippen molar-refractivity contribution in [3.8, 4) is 0 Å². The number of rotatable bonds is 3. The van der Waals surface area contributed by atoms with Crippen molar-refractivity contribution < 1.29 is 4.42 Å². The van der Waals surface area contributed by atoms with E-state index in [0.717, 1.165) is 10.0 Å². The maximum Gasteiger partial charge on any atom is 0.231 e. The van der Waals surface area contributed by atoms with Gasteiger partial charge < -0.3 is 4.42 Å². The summed E-state index contributed by atoms with van der Waals surface area (Å²) in [5.74, 6) is 1.29. The maximum atomic E-state index is 5.57. The second-order valence-electron chi connectivity index (χ2n) is 2.99. The Morgan fingerprint density at radius 2 is 1.93 bits per heavy atom. The molecule has 1 aromatic carbocycles. The Hall–Kier alpha value is -0.870. The van der Waals surface area contributed by atoms with Crippen molar-refractivity contribution in [1.82, 2.24) is 10.2 Å². The van der Waals surface area contributed by atoms with Crippen LogP contribution in [0.2, 0.25) is 0 Å². The van der Waals surface area contributed by atoms with Gasteiger partial charge >= 0.3 is 0 Å². The average Bonchev–Trinajstić information content (AvgIpc) is 2.69. The molecule has 0 aliphatic rings. The highest BCUT2D eigenvalue weighted by Crippen LogP contribution is 2.19. The molecule has 3 nitrogen and oxygen atoms in total. The molecule has 1 heterocycles. The van der Waals surface area contributed by atoms with Gasteiger partial charge in [-0.2, -0.15) is 0 Å². The molecule has 78 valence electrons. The van der Waals surface area contributed by atoms with E-state index in [9.17, 15) is 0 Å². The first-order valence-electron chi connectivity index (χ1n) is 4.40. The molecule has 0 saturated carbocycles. The van der Waals surface area contributed by atoms with E-state index < -0.39 is 0 Å². The van der Waals surface area contributed by atoms with Crippen LogP contribution in [0.5, 0.6) is 0 Å². The van der Waals surface area contributed by atoms with Crippen LogP contribution in [0, 0.1) is 0 Å². The zero-order chi connectivity index (χ0) is 10.7. The first-order valence-corrected chi connectivity index (χ1v) is 5.73. The van der Waals surface area contributed by atoms with Crippen molar-refractivity contribution in [2.75, 3.05) is 0 Å². The van der Waals surface area contributed by atoms with Crippen molar-refractivity contribution in [3.05, 3.63) is 46.1 Å². The van der Waals surface area contributed by atoms with Crippen LogP contribution in [0.4, 0.5) is 0 Å². The monoisotopic (exact) mass is 286 g/mol. The normalized spacial score (nSPS) is 10.5. The van der Waals surface area contributed by atoms with Gasteiger partial charge in [0.2, 0.25) is 11.8 Å². The van der Waals surface area contributed by atoms with Crippen LogP contribution >= 0.6 is 27.5 Å². The van der Waals surface area contributed by atoms with E-state index in [0.29, 0.717) is 18.2 Å². The standard InChI is InChI=1S/C10H8BrClN2O/c11-8-4-2-1-3-7(8)5-9-13-14-10(6-12)15-9/h1-4H,5-6H2. The van der Waals surface area contributed by atoms with Gasteiger partial charge in [-0.25, -0.2) is 0 Å². The second kappa shape index (κ2) is 4.77. The van der Waals surface area contributed by atoms with Gasteiger partial charge in [-0.15, -0.1) is 21.8 Å². The number of hydrogen-bond donors (Lipinski definition) is 0. The van der Waals surface area contributed by atoms with Gasteiger partial charge in [0.1, 0.15) is 5.88 Å². The van der Waals surface area contributed by atoms with E-state index in [1.165, 1.54) is 0 Å². The van der Waals surface area contributed by atoms with Crippen molar-refractivity contribution in [3.63, 3.8) is 0 Å². The largest absolute Gasteiger partial charge is 0.424 e. The summed E-state index contributed by atoms with van der Waals surface area (Å²) >= 11 is 9.03. The van der Waals surface area contributed by atoms with Crippen LogP contribution in [-0.2, 0) is 12.3 Å². The lowest BCUT2D eigenvalue weighted by molar-refractivity contribution is 0.473. The zero-order valence-corrected chi connectivity index (χ0v) is 10.1. The SMILES string of the molecule is ClCc1nnc(Cc2ccccc2Br)o1. The van der Waals surface area contributed by atoms with E-state index in [2.05, 4.69) is 26.1 Å². The van der Waals surface area contributed by atoms with Gasteiger partial charge in [-0.3, -0.25) is 0 Å². The van der Waals surface area contributed by atoms with Crippen LogP contribution in [-0.4, -0.2) is 10.2 Å². The predicted octanol–water partition coefficient (Wildman–Crippen LogP) is 3.16. The van der Waals surface area contributed by atoms with Crippen molar-refractivity contribution in [2.24, 2.45) is 0 Å². The highest BCUT2D eigenvalue weighted by atomic mass is 79.9. The highest BCUT2D eigenvalue weighted by molar-refractivity contribution is 9.10. The minimum absolute atomic E-state index is 0.253. The van der Waals surface area contributed by atoms with E-state index in [1.807, 2.05) is 24.3 Å². The molecule has 5 heteroatoms. The summed E-state index contributed by atoms with van der Waals surface area (Å²) in [6, 6.07) is 7.92. The predicted molar refractivity (Wildman–Crippen MR) is 60.8 cm³/mol. The molecule has 0 unspecified atom stereocenters. The Morgan fingerprint density at radius 1 is 1.20 bits per heavy atom. The lowest BCUT2D eigenvalue weighted by atomic mass is 10.1. The summed E-state index contributed by atoms with van der Waals surface area (Å²) in [6.45, 7) is 0. The van der Waals surface area contributed by atoms with E-state index in [-0.39, 0.29) is 5.88 Å². The van der Waals surface area contributed by atoms with Gasteiger partial charge in [0.05, 0.1) is 6.42 Å². The van der Waals surface area contributed by atoms with E-state index in [4.69, 9.17) is 16.0 Å². The minimum atomic E-state index is 0.253. The van der Waals surface area contributed by atoms with Crippen molar-refractivity contribution in [1.29, 1.82) is 0 Å². The first kappa shape index (κ1) is 10.6. The fourth-order valence-corrected chi connectivity index (χ4v) is 1.75. The summed E-state index contributed by atoms with van der Waals surface area (Å²) in [4.78, 5) is 0. The number of benzene rings is 1. The van der Waals surface area contributed by atoms with E-state index >= 15 is 0 Å². The molecule has 0 spiro atoms. The number of aromatic nitrogens is 2. The molecule has 0 atom stereocenters. The molecular weight excluding hydrogens is 279 g/mol. The molecule has 15 heavy (non-hydrogen) atoms. The van der Waals surface area contributed by atoms with Crippen molar-refractivity contribution in [2.45, 2.75) is 12.3 Å². The molecule has 0 fully saturated rings. The molecule has 2 rings (SSSR count). The van der Waals surface area contributed by atoms with E-state index in [1.54, 1.807) is 0 Å². The highest BCUT2D eigenvalue weighted by Gasteiger charge is 2.07. The van der Waals surface area contributed by atoms with Gasteiger partial charge in [-0.05, 0) is 11.6 Å². The lowest BCUT2D eigenvalue weighted by Gasteiger charge is -1.99. The summed E-state index contributed by atoms with van der Waals surface area (Å²) < 4.78 is 6.35. The third-order valence-electron chi connectivity index (χ3n) is 1.92. The Kier molecular flexibility index (Phi) is 3.38. The Balaban J connectivity index is 2.18. The topological polar surface area (TPSA) is 38.9 Å². The summed E-state index contributed by atoms with van der Waals surface area (Å²) in [5.41, 5.74) is 1.11. The summed E-state index contributed by atoms with van der Waals surface area (Å²) in [6.07, 6.45) is 0.616. The number of hydrogen-bond acceptors (Lipinski definition) is 3. The van der Waals surface area contributed by atoms with Crippen LogP contribution in [0.3, 0.4) is 0 Å². The van der Waals surface area contributed by atoms with Crippen LogP contribution in [0.25, 0.3) is 0 Å². The second-order valence-corrected chi connectivity index (χ2v) is 4.11. The summed E-state index contributed by atoms with van der Waals surface area (Å²) in [7, 11) is 0. The Bertz CT molecular complexity index is 458. The summed E-state index contributed by atoms with van der Waals surface area (Å²) in [5, 5.41) is 7.70. The molecule has 2 aromatic rings. The molecule has 0 saturated heterocycles. The smallest absolute Gasteiger partial charge is 0.231 e. The average molecular weight is 288 g/mol. The molecule has 0 N–H and O–H groups in total. The molecule has 0 aliphatic carbocycles. The Labute approximate surface area is 101 Å². The van der Waals surface area contributed by atoms with Crippen LogP contribution in [0.15, 0.2) is 33.2 Å². The molecular formula is C10H8BrClN2O. The number of halogens is 2. The van der Waals surface area contributed by atoms with Gasteiger partial charge in [0, 0.05) is 4.47 Å². The number of alkyl halides is 1. The van der Waals surface area contributed by atoms with Gasteiger partial charge in [0.15, 0.2) is 0 Å². The third-order valence-corrected chi connectivity index (χ3v) is 2.92. The van der Waals surface area contributed by atoms with Crippen molar-refractivity contribution >= 4 is 27.5 Å². The molecule has 1 aromatic heterocycles. The quantitative estimate of drug-likeness (QED) is 0.814. The van der Waals surface area contributed by atoms with Crippen LogP contribution in [0.1, 0.15) is 17.3 Å². The minimum Gasteiger partial charge on any atom is -0.424 e. The van der Waals surface area contributed by atoms with Crippen LogP contribution < -0.4 is 0 Å². The molecule has 0 bridgehead atoms. The number of nitrogens with zero attached hydrogens (tertiary/aromatic N) is 2. The lowest BCUT2D eigenvalue weighted by Crippen LogP contribution is -1.89. The maximum absolute atomic E-state index is 5.57. The third kappa shape index (κ3) is 2.58. The zero-order valence-electron chi connectivity index (χ0n) is 7.78.